The van der Waals surface area contributed by atoms with Crippen LogP contribution in [0.3, 0.4) is 0 Å². The van der Waals surface area contributed by atoms with Crippen molar-refractivity contribution in [1.82, 2.24) is 15.1 Å². The second-order valence-electron chi connectivity index (χ2n) is 12.6. The molecule has 0 radical (unpaired) electrons. The number of aliphatic hydroxyl groups excluding tert-OH is 1. The first-order valence-corrected chi connectivity index (χ1v) is 16.0. The fourth-order valence-electron chi connectivity index (χ4n) is 5.61. The highest BCUT2D eigenvalue weighted by atomic mass is 16.7. The van der Waals surface area contributed by atoms with E-state index in [9.17, 15) is 14.7 Å². The number of nitrogens with zero attached hydrogens (tertiary/aromatic N) is 2. The topological polar surface area (TPSA) is 122 Å². The Labute approximate surface area is 267 Å². The largest absolute Gasteiger partial charge is 0.490 e. The van der Waals surface area contributed by atoms with Gasteiger partial charge < -0.3 is 39.6 Å². The molecule has 0 spiro atoms. The Morgan fingerprint density at radius 2 is 1.82 bits per heavy atom. The van der Waals surface area contributed by atoms with E-state index in [0.29, 0.717) is 43.2 Å². The van der Waals surface area contributed by atoms with Crippen molar-refractivity contribution in [3.8, 4) is 17.2 Å². The summed E-state index contributed by atoms with van der Waals surface area (Å²) >= 11 is 0. The highest BCUT2D eigenvalue weighted by Gasteiger charge is 2.30. The van der Waals surface area contributed by atoms with Crippen LogP contribution in [0.4, 0.5) is 10.5 Å². The molecule has 2 aromatic carbocycles. The van der Waals surface area contributed by atoms with E-state index in [1.165, 1.54) is 0 Å². The van der Waals surface area contributed by atoms with E-state index in [4.69, 9.17) is 18.9 Å². The van der Waals surface area contributed by atoms with E-state index >= 15 is 0 Å². The van der Waals surface area contributed by atoms with Crippen molar-refractivity contribution in [2.75, 3.05) is 45.5 Å². The van der Waals surface area contributed by atoms with Crippen molar-refractivity contribution in [3.63, 3.8) is 0 Å². The summed E-state index contributed by atoms with van der Waals surface area (Å²) < 4.78 is 23.8. The minimum absolute atomic E-state index is 0.0401. The number of amides is 3. The minimum atomic E-state index is -0.453. The Bertz CT molecular complexity index is 1290. The maximum absolute atomic E-state index is 14.3. The Kier molecular flexibility index (Phi) is 12.3. The molecule has 0 fully saturated rings. The molecule has 2 aliphatic heterocycles. The Morgan fingerprint density at radius 1 is 1.07 bits per heavy atom. The summed E-state index contributed by atoms with van der Waals surface area (Å²) in [5.74, 6) is 1.65. The van der Waals surface area contributed by atoms with Crippen molar-refractivity contribution < 1.29 is 33.6 Å². The molecule has 3 amide bonds. The number of carbonyl (C=O) groups is 2. The van der Waals surface area contributed by atoms with Crippen molar-refractivity contribution in [2.24, 2.45) is 5.92 Å². The lowest BCUT2D eigenvalue weighted by molar-refractivity contribution is -0.0177. The third-order valence-corrected chi connectivity index (χ3v) is 8.11. The number of carbonyl (C=O) groups excluding carboxylic acids is 2. The smallest absolute Gasteiger partial charge is 0.319 e. The van der Waals surface area contributed by atoms with Crippen molar-refractivity contribution >= 4 is 17.6 Å². The van der Waals surface area contributed by atoms with Gasteiger partial charge in [-0.2, -0.15) is 0 Å². The molecular weight excluding hydrogens is 576 g/mol. The minimum Gasteiger partial charge on any atom is -0.490 e. The van der Waals surface area contributed by atoms with Crippen molar-refractivity contribution in [1.29, 1.82) is 0 Å². The SMILES string of the molecule is CC(C)NC(=O)Nc1ccc2c(c1)C(=O)N([C@H](C)CO)C[C@@H](C)[C@@H](CN(C)Cc1ccc3c(c1)OCO3)OCCCC[C@H](C)O2. The number of nitrogens with one attached hydrogen (secondary N) is 2. The van der Waals surface area contributed by atoms with Crippen LogP contribution in [0.1, 0.15) is 69.8 Å². The predicted molar refractivity (Wildman–Crippen MR) is 173 cm³/mol. The lowest BCUT2D eigenvalue weighted by Crippen LogP contribution is -2.47. The molecule has 2 heterocycles. The third kappa shape index (κ3) is 9.72. The third-order valence-electron chi connectivity index (χ3n) is 8.11. The zero-order valence-electron chi connectivity index (χ0n) is 27.5. The molecule has 0 saturated heterocycles. The normalized spacial score (nSPS) is 21.6. The highest BCUT2D eigenvalue weighted by molar-refractivity contribution is 5.99. The molecule has 11 nitrogen and oxygen atoms in total. The van der Waals surface area contributed by atoms with E-state index in [1.807, 2.05) is 45.9 Å². The maximum atomic E-state index is 14.3. The van der Waals surface area contributed by atoms with E-state index in [-0.39, 0.29) is 49.5 Å². The molecule has 0 aliphatic carbocycles. The monoisotopic (exact) mass is 626 g/mol. The second-order valence-corrected chi connectivity index (χ2v) is 12.6. The predicted octanol–water partition coefficient (Wildman–Crippen LogP) is 4.87. The first kappa shape index (κ1) is 34.3. The van der Waals surface area contributed by atoms with Gasteiger partial charge in [-0.25, -0.2) is 4.79 Å². The Morgan fingerprint density at radius 3 is 2.58 bits per heavy atom. The van der Waals surface area contributed by atoms with Gasteiger partial charge in [0.25, 0.3) is 5.91 Å². The molecule has 0 saturated carbocycles. The van der Waals surface area contributed by atoms with Crippen LogP contribution in [0, 0.1) is 5.92 Å². The number of aliphatic hydroxyl groups is 1. The van der Waals surface area contributed by atoms with Crippen LogP contribution in [0.2, 0.25) is 0 Å². The van der Waals surface area contributed by atoms with Gasteiger partial charge in [0.15, 0.2) is 11.5 Å². The number of hydrogen-bond acceptors (Lipinski definition) is 8. The number of benzene rings is 2. The Hall–Kier alpha value is -3.54. The van der Waals surface area contributed by atoms with Crippen LogP contribution in [0.15, 0.2) is 36.4 Å². The number of hydrogen-bond donors (Lipinski definition) is 3. The number of ether oxygens (including phenoxy) is 4. The molecule has 3 N–H and O–H groups in total. The molecule has 4 atom stereocenters. The number of likely N-dealkylation sites (N-methyl/N-ethyl adjacent to an activating group) is 1. The summed E-state index contributed by atoms with van der Waals surface area (Å²) in [6, 6.07) is 10.3. The fraction of sp³-hybridized carbons (Fsp3) is 0.588. The molecule has 4 rings (SSSR count). The van der Waals surface area contributed by atoms with Gasteiger partial charge in [0.1, 0.15) is 5.75 Å². The van der Waals surface area contributed by atoms with Gasteiger partial charge in [0.05, 0.1) is 30.4 Å². The van der Waals surface area contributed by atoms with Crippen LogP contribution < -0.4 is 24.8 Å². The van der Waals surface area contributed by atoms with Gasteiger partial charge >= 0.3 is 6.03 Å². The average Bonchev–Trinajstić information content (AvgIpc) is 3.46. The molecule has 0 unspecified atom stereocenters. The summed E-state index contributed by atoms with van der Waals surface area (Å²) in [5, 5.41) is 15.8. The number of fused-ring (bicyclic) bond motifs is 2. The number of rotatable bonds is 8. The molecule has 0 bridgehead atoms. The van der Waals surface area contributed by atoms with E-state index in [1.54, 1.807) is 23.1 Å². The van der Waals surface area contributed by atoms with Gasteiger partial charge in [-0.1, -0.05) is 13.0 Å². The van der Waals surface area contributed by atoms with Crippen LogP contribution in [-0.2, 0) is 11.3 Å². The van der Waals surface area contributed by atoms with Gasteiger partial charge in [0, 0.05) is 43.9 Å². The van der Waals surface area contributed by atoms with Gasteiger partial charge in [-0.15, -0.1) is 0 Å². The quantitative estimate of drug-likeness (QED) is 0.380. The van der Waals surface area contributed by atoms with Crippen LogP contribution in [0.25, 0.3) is 0 Å². The van der Waals surface area contributed by atoms with Gasteiger partial charge in [-0.3, -0.25) is 9.69 Å². The summed E-state index contributed by atoms with van der Waals surface area (Å²) in [6.07, 6.45) is 2.32. The first-order valence-electron chi connectivity index (χ1n) is 16.0. The Balaban J connectivity index is 1.57. The maximum Gasteiger partial charge on any atom is 0.319 e. The average molecular weight is 627 g/mol. The number of anilines is 1. The standard InChI is InChI=1S/C34H50N4O7/c1-22(2)35-34(41)36-27-11-13-29-28(16-27)33(40)38(24(4)20-39)17-23(3)32(42-14-8-7-9-25(5)45-29)19-37(6)18-26-10-12-30-31(15-26)44-21-43-30/h10-13,15-16,22-25,32,39H,7-9,14,17-21H2,1-6H3,(H2,35,36,41)/t23-,24-,25+,32-/m1/s1. The van der Waals surface area contributed by atoms with E-state index < -0.39 is 6.04 Å². The molecular formula is C34H50N4O7. The molecule has 2 aromatic rings. The highest BCUT2D eigenvalue weighted by Crippen LogP contribution is 2.33. The summed E-state index contributed by atoms with van der Waals surface area (Å²) in [4.78, 5) is 30.6. The molecule has 11 heteroatoms. The zero-order valence-corrected chi connectivity index (χ0v) is 27.5. The first-order chi connectivity index (χ1) is 21.5. The lowest BCUT2D eigenvalue weighted by atomic mass is 10.0. The zero-order chi connectivity index (χ0) is 32.5. The van der Waals surface area contributed by atoms with Crippen molar-refractivity contribution in [2.45, 2.75) is 84.7 Å². The fourth-order valence-corrected chi connectivity index (χ4v) is 5.61. The lowest BCUT2D eigenvalue weighted by Gasteiger charge is -2.36. The molecule has 248 valence electrons. The van der Waals surface area contributed by atoms with Crippen LogP contribution in [-0.4, -0.2) is 91.3 Å². The number of urea groups is 1. The van der Waals surface area contributed by atoms with E-state index in [2.05, 4.69) is 29.5 Å². The van der Waals surface area contributed by atoms with E-state index in [0.717, 1.165) is 36.3 Å². The van der Waals surface area contributed by atoms with Crippen LogP contribution >= 0.6 is 0 Å². The van der Waals surface area contributed by atoms with Crippen molar-refractivity contribution in [3.05, 3.63) is 47.5 Å². The second kappa shape index (κ2) is 16.1. The summed E-state index contributed by atoms with van der Waals surface area (Å²) in [5.41, 5.74) is 1.93. The summed E-state index contributed by atoms with van der Waals surface area (Å²) in [7, 11) is 2.06. The van der Waals surface area contributed by atoms with Gasteiger partial charge in [-0.05, 0) is 89.9 Å². The molecule has 0 aromatic heterocycles. The summed E-state index contributed by atoms with van der Waals surface area (Å²) in [6.45, 7) is 12.0. The molecule has 2 aliphatic rings. The molecule has 45 heavy (non-hydrogen) atoms. The van der Waals surface area contributed by atoms with Crippen LogP contribution in [0.5, 0.6) is 17.2 Å². The van der Waals surface area contributed by atoms with Gasteiger partial charge in [0.2, 0.25) is 6.79 Å².